The van der Waals surface area contributed by atoms with Gasteiger partial charge in [0.15, 0.2) is 5.11 Å². The zero-order valence-corrected chi connectivity index (χ0v) is 9.39. The van der Waals surface area contributed by atoms with E-state index in [4.69, 9.17) is 12.2 Å². The van der Waals surface area contributed by atoms with Crippen molar-refractivity contribution in [2.45, 2.75) is 39.8 Å². The molecule has 13 heavy (non-hydrogen) atoms. The SMILES string of the molecule is CC(C)N1CC(=O)N(C(C)C)C1=S. The molecule has 0 bridgehead atoms. The van der Waals surface area contributed by atoms with Crippen LogP contribution >= 0.6 is 12.2 Å². The number of thiocarbonyl (C=S) groups is 1. The second kappa shape index (κ2) is 3.62. The van der Waals surface area contributed by atoms with Crippen molar-refractivity contribution in [3.8, 4) is 0 Å². The summed E-state index contributed by atoms with van der Waals surface area (Å²) in [5.74, 6) is 0.119. The van der Waals surface area contributed by atoms with Gasteiger partial charge in [-0.1, -0.05) is 0 Å². The quantitative estimate of drug-likeness (QED) is 0.626. The third kappa shape index (κ3) is 1.82. The van der Waals surface area contributed by atoms with E-state index in [1.54, 1.807) is 4.90 Å². The van der Waals surface area contributed by atoms with E-state index < -0.39 is 0 Å². The molecule has 0 radical (unpaired) electrons. The Morgan fingerprint density at radius 2 is 1.77 bits per heavy atom. The Morgan fingerprint density at radius 3 is 2.00 bits per heavy atom. The Bertz CT molecular complexity index is 238. The topological polar surface area (TPSA) is 23.6 Å². The van der Waals surface area contributed by atoms with Gasteiger partial charge >= 0.3 is 0 Å². The van der Waals surface area contributed by atoms with E-state index in [1.807, 2.05) is 32.6 Å². The molecule has 0 unspecified atom stereocenters. The molecule has 1 heterocycles. The van der Waals surface area contributed by atoms with Gasteiger partial charge in [0.1, 0.15) is 0 Å². The van der Waals surface area contributed by atoms with Crippen molar-refractivity contribution in [1.29, 1.82) is 0 Å². The van der Waals surface area contributed by atoms with Crippen molar-refractivity contribution in [2.75, 3.05) is 6.54 Å². The van der Waals surface area contributed by atoms with E-state index >= 15 is 0 Å². The zero-order valence-electron chi connectivity index (χ0n) is 8.57. The highest BCUT2D eigenvalue weighted by Crippen LogP contribution is 2.16. The third-order valence-corrected chi connectivity index (χ3v) is 2.60. The summed E-state index contributed by atoms with van der Waals surface area (Å²) in [6.45, 7) is 8.49. The van der Waals surface area contributed by atoms with E-state index in [9.17, 15) is 4.79 Å². The maximum absolute atomic E-state index is 11.5. The molecular weight excluding hydrogens is 184 g/mol. The van der Waals surface area contributed by atoms with Crippen molar-refractivity contribution in [2.24, 2.45) is 0 Å². The molecule has 4 heteroatoms. The summed E-state index contributed by atoms with van der Waals surface area (Å²) < 4.78 is 0. The lowest BCUT2D eigenvalue weighted by atomic mass is 10.3. The maximum Gasteiger partial charge on any atom is 0.248 e. The summed E-state index contributed by atoms with van der Waals surface area (Å²) in [5.41, 5.74) is 0. The fourth-order valence-electron chi connectivity index (χ4n) is 1.45. The Hall–Kier alpha value is -0.640. The molecule has 0 aromatic carbocycles. The van der Waals surface area contributed by atoms with Gasteiger partial charge in [-0.25, -0.2) is 0 Å². The van der Waals surface area contributed by atoms with Crippen LogP contribution in [0.5, 0.6) is 0 Å². The molecule has 74 valence electrons. The van der Waals surface area contributed by atoms with Gasteiger partial charge in [-0.2, -0.15) is 0 Å². The normalized spacial score (nSPS) is 18.3. The van der Waals surface area contributed by atoms with E-state index in [-0.39, 0.29) is 11.9 Å². The number of amides is 1. The molecule has 1 aliphatic heterocycles. The summed E-state index contributed by atoms with van der Waals surface area (Å²) in [5, 5.41) is 0.676. The van der Waals surface area contributed by atoms with Crippen LogP contribution in [-0.2, 0) is 4.79 Å². The summed E-state index contributed by atoms with van der Waals surface area (Å²) >= 11 is 5.22. The minimum Gasteiger partial charge on any atom is -0.337 e. The minimum atomic E-state index is 0.119. The fourth-order valence-corrected chi connectivity index (χ4v) is 2.03. The van der Waals surface area contributed by atoms with E-state index in [0.717, 1.165) is 0 Å². The smallest absolute Gasteiger partial charge is 0.248 e. The Labute approximate surface area is 84.7 Å². The molecule has 1 fully saturated rings. The number of carbonyl (C=O) groups is 1. The Morgan fingerprint density at radius 1 is 1.23 bits per heavy atom. The van der Waals surface area contributed by atoms with Gasteiger partial charge in [0, 0.05) is 12.1 Å². The lowest BCUT2D eigenvalue weighted by molar-refractivity contribution is -0.126. The number of carbonyl (C=O) groups excluding carboxylic acids is 1. The zero-order chi connectivity index (χ0) is 10.2. The van der Waals surface area contributed by atoms with Gasteiger partial charge in [0.05, 0.1) is 6.54 Å². The molecule has 1 aliphatic rings. The van der Waals surface area contributed by atoms with E-state index in [0.29, 0.717) is 17.7 Å². The second-order valence-corrected chi connectivity index (χ2v) is 4.23. The van der Waals surface area contributed by atoms with Crippen LogP contribution in [0.1, 0.15) is 27.7 Å². The maximum atomic E-state index is 11.5. The van der Waals surface area contributed by atoms with Crippen molar-refractivity contribution in [3.05, 3.63) is 0 Å². The van der Waals surface area contributed by atoms with Crippen LogP contribution in [0, 0.1) is 0 Å². The first kappa shape index (κ1) is 10.4. The van der Waals surface area contributed by atoms with Crippen LogP contribution in [0.3, 0.4) is 0 Å². The Kier molecular flexibility index (Phi) is 2.91. The number of rotatable bonds is 2. The molecular formula is C9H16N2OS. The van der Waals surface area contributed by atoms with E-state index in [1.165, 1.54) is 0 Å². The summed E-state index contributed by atoms with van der Waals surface area (Å²) in [4.78, 5) is 15.2. The van der Waals surface area contributed by atoms with Gasteiger partial charge in [0.2, 0.25) is 5.91 Å². The summed E-state index contributed by atoms with van der Waals surface area (Å²) in [6.07, 6.45) is 0. The lowest BCUT2D eigenvalue weighted by Gasteiger charge is -2.25. The largest absolute Gasteiger partial charge is 0.337 e. The molecule has 1 amide bonds. The third-order valence-electron chi connectivity index (χ3n) is 2.17. The highest BCUT2D eigenvalue weighted by molar-refractivity contribution is 7.80. The lowest BCUT2D eigenvalue weighted by Crippen LogP contribution is -2.39. The van der Waals surface area contributed by atoms with Crippen LogP contribution in [0.4, 0.5) is 0 Å². The molecule has 0 aromatic rings. The van der Waals surface area contributed by atoms with E-state index in [2.05, 4.69) is 0 Å². The molecule has 0 N–H and O–H groups in total. The van der Waals surface area contributed by atoms with Gasteiger partial charge in [-0.3, -0.25) is 9.69 Å². The fraction of sp³-hybridized carbons (Fsp3) is 0.778. The van der Waals surface area contributed by atoms with Crippen molar-refractivity contribution in [3.63, 3.8) is 0 Å². The highest BCUT2D eigenvalue weighted by Gasteiger charge is 2.35. The average molecular weight is 200 g/mol. The van der Waals surface area contributed by atoms with Crippen molar-refractivity contribution >= 4 is 23.2 Å². The molecule has 0 saturated carbocycles. The predicted molar refractivity (Wildman–Crippen MR) is 56.4 cm³/mol. The highest BCUT2D eigenvalue weighted by atomic mass is 32.1. The van der Waals surface area contributed by atoms with Gasteiger partial charge in [0.25, 0.3) is 0 Å². The van der Waals surface area contributed by atoms with Crippen LogP contribution in [0.15, 0.2) is 0 Å². The molecule has 1 rings (SSSR count). The first-order valence-electron chi connectivity index (χ1n) is 4.57. The minimum absolute atomic E-state index is 0.119. The van der Waals surface area contributed by atoms with Gasteiger partial charge in [-0.15, -0.1) is 0 Å². The molecule has 1 saturated heterocycles. The first-order valence-corrected chi connectivity index (χ1v) is 4.98. The monoisotopic (exact) mass is 200 g/mol. The van der Waals surface area contributed by atoms with Crippen LogP contribution < -0.4 is 0 Å². The summed E-state index contributed by atoms with van der Waals surface area (Å²) in [6, 6.07) is 0.476. The molecule has 0 aliphatic carbocycles. The number of hydrogen-bond acceptors (Lipinski definition) is 2. The van der Waals surface area contributed by atoms with Crippen LogP contribution in [0.25, 0.3) is 0 Å². The standard InChI is InChI=1S/C9H16N2OS/c1-6(2)10-5-8(12)11(7(3)4)9(10)13/h6-7H,5H2,1-4H3. The van der Waals surface area contributed by atoms with Crippen LogP contribution in [-0.4, -0.2) is 39.4 Å². The molecule has 0 atom stereocenters. The average Bonchev–Trinajstić information content (AvgIpc) is 2.26. The number of hydrogen-bond donors (Lipinski definition) is 0. The molecule has 0 spiro atoms. The molecule has 0 aromatic heterocycles. The van der Waals surface area contributed by atoms with Gasteiger partial charge < -0.3 is 4.90 Å². The summed E-state index contributed by atoms with van der Waals surface area (Å²) in [7, 11) is 0. The van der Waals surface area contributed by atoms with Gasteiger partial charge in [-0.05, 0) is 39.9 Å². The first-order chi connectivity index (χ1) is 5.95. The molecule has 3 nitrogen and oxygen atoms in total. The Balaban J connectivity index is 2.82. The van der Waals surface area contributed by atoms with Crippen molar-refractivity contribution < 1.29 is 4.79 Å². The second-order valence-electron chi connectivity index (χ2n) is 3.86. The predicted octanol–water partition coefficient (Wildman–Crippen LogP) is 1.23. The number of nitrogens with zero attached hydrogens (tertiary/aromatic N) is 2. The van der Waals surface area contributed by atoms with Crippen LogP contribution in [0.2, 0.25) is 0 Å². The van der Waals surface area contributed by atoms with Crippen molar-refractivity contribution in [1.82, 2.24) is 9.80 Å².